The Morgan fingerprint density at radius 3 is 1.68 bits per heavy atom. The fourth-order valence-electron chi connectivity index (χ4n) is 11.3. The van der Waals surface area contributed by atoms with Gasteiger partial charge in [0.2, 0.25) is 0 Å². The average molecular weight is 1150 g/mol. The van der Waals surface area contributed by atoms with Crippen molar-refractivity contribution in [1.29, 1.82) is 0 Å². The van der Waals surface area contributed by atoms with Crippen LogP contribution in [0, 0.1) is 3.80 Å². The van der Waals surface area contributed by atoms with Gasteiger partial charge in [0.1, 0.15) is 0 Å². The van der Waals surface area contributed by atoms with Crippen LogP contribution < -0.4 is 4.74 Å². The van der Waals surface area contributed by atoms with E-state index in [-0.39, 0.29) is 27.1 Å². The summed E-state index contributed by atoms with van der Waals surface area (Å²) in [6, 6.07) is 58.2. The van der Waals surface area contributed by atoms with Gasteiger partial charge in [-0.15, -0.1) is 0 Å². The topological polar surface area (TPSA) is 36.9 Å². The molecule has 10 aromatic rings. The molecule has 6 heteroatoms. The van der Waals surface area contributed by atoms with E-state index in [9.17, 15) is 0 Å². The van der Waals surface area contributed by atoms with Crippen molar-refractivity contribution in [3.8, 4) is 50.9 Å². The molecule has 0 unspecified atom stereocenters. The molecular formula is C68H70N4OPt. The van der Waals surface area contributed by atoms with Crippen LogP contribution in [0.5, 0.6) is 11.5 Å². The van der Waals surface area contributed by atoms with Gasteiger partial charge in [0, 0.05) is 6.20 Å². The molecule has 0 saturated carbocycles. The zero-order valence-electron chi connectivity index (χ0n) is 45.5. The number of aromatic nitrogens is 4. The van der Waals surface area contributed by atoms with Crippen LogP contribution in [0.1, 0.15) is 131 Å². The van der Waals surface area contributed by atoms with Crippen LogP contribution in [0.15, 0.2) is 164 Å². The maximum absolute atomic E-state index is 7.00. The van der Waals surface area contributed by atoms with Crippen LogP contribution in [0.4, 0.5) is 0 Å². The summed E-state index contributed by atoms with van der Waals surface area (Å²) in [7, 11) is 0. The molecule has 0 atom stereocenters. The van der Waals surface area contributed by atoms with Crippen LogP contribution >= 0.6 is 0 Å². The third-order valence-corrected chi connectivity index (χ3v) is 16.9. The zero-order valence-corrected chi connectivity index (χ0v) is 47.8. The third kappa shape index (κ3) is 8.73. The van der Waals surface area contributed by atoms with Gasteiger partial charge in [-0.05, 0) is 51.8 Å². The normalized spacial score (nSPS) is 14.7. The van der Waals surface area contributed by atoms with Crippen molar-refractivity contribution < 1.29 is 24.1 Å². The number of benzene rings is 7. The van der Waals surface area contributed by atoms with Gasteiger partial charge in [0.15, 0.2) is 0 Å². The molecule has 3 heterocycles. The van der Waals surface area contributed by atoms with E-state index in [4.69, 9.17) is 9.72 Å². The van der Waals surface area contributed by atoms with Crippen molar-refractivity contribution >= 4 is 32.8 Å². The Morgan fingerprint density at radius 2 is 1.03 bits per heavy atom. The van der Waals surface area contributed by atoms with Gasteiger partial charge in [-0.3, -0.25) is 0 Å². The molecule has 0 fully saturated rings. The van der Waals surface area contributed by atoms with Gasteiger partial charge >= 0.3 is 346 Å². The molecule has 0 bridgehead atoms. The minimum atomic E-state index is -0.0368. The summed E-state index contributed by atoms with van der Waals surface area (Å²) < 4.78 is 15.3. The predicted octanol–water partition coefficient (Wildman–Crippen LogP) is 18.4. The SMILES string of the molecule is CC(C)(C)c1cc(-c2cccc(-c3ccccc3)c2-n2[c](=[Pt])n(-c3cccc(Oc4ccc5c6cc7c(cc6n(-c6cc(C(C)(C)C)ccn6)c5c4)C(C)(C)CCC7(C)C)c3)c3ccccc32)cc(C(C)(C)C)c1. The minimum absolute atomic E-state index is 0.0359. The molecule has 1 aliphatic rings. The van der Waals surface area contributed by atoms with E-state index < -0.39 is 0 Å². The number of nitrogens with zero attached hydrogens (tertiary/aromatic N) is 4. The maximum atomic E-state index is 7.00. The van der Waals surface area contributed by atoms with Crippen molar-refractivity contribution in [2.75, 3.05) is 0 Å². The fraction of sp³-hybridized carbons (Fsp3) is 0.294. The van der Waals surface area contributed by atoms with E-state index in [1.165, 1.54) is 66.4 Å². The predicted molar refractivity (Wildman–Crippen MR) is 307 cm³/mol. The van der Waals surface area contributed by atoms with E-state index in [0.717, 1.165) is 61.9 Å². The molecule has 0 saturated heterocycles. The number of pyridine rings is 1. The van der Waals surface area contributed by atoms with Crippen LogP contribution in [0.25, 0.3) is 72.3 Å². The summed E-state index contributed by atoms with van der Waals surface area (Å²) >= 11 is 2.55. The van der Waals surface area contributed by atoms with Crippen LogP contribution in [0.2, 0.25) is 0 Å². The van der Waals surface area contributed by atoms with Crippen LogP contribution in [-0.4, -0.2) is 18.7 Å². The molecule has 7 aromatic carbocycles. The van der Waals surface area contributed by atoms with Crippen LogP contribution in [-0.2, 0) is 46.4 Å². The second-order valence-electron chi connectivity index (χ2n) is 25.2. The first-order valence-electron chi connectivity index (χ1n) is 26.4. The van der Waals surface area contributed by atoms with Crippen LogP contribution in [0.3, 0.4) is 0 Å². The van der Waals surface area contributed by atoms with Gasteiger partial charge in [0.05, 0.1) is 0 Å². The number of hydrogen-bond acceptors (Lipinski definition) is 2. The average Bonchev–Trinajstić information content (AvgIpc) is 3.85. The number of rotatable bonds is 7. The summed E-state index contributed by atoms with van der Waals surface area (Å²) in [5.74, 6) is 2.45. The Labute approximate surface area is 449 Å². The van der Waals surface area contributed by atoms with Crippen molar-refractivity contribution in [3.05, 3.63) is 196 Å². The van der Waals surface area contributed by atoms with Crippen molar-refractivity contribution in [3.63, 3.8) is 0 Å². The summed E-state index contributed by atoms with van der Waals surface area (Å²) in [5, 5.41) is 2.44. The van der Waals surface area contributed by atoms with Gasteiger partial charge < -0.3 is 0 Å². The molecule has 0 N–H and O–H groups in total. The van der Waals surface area contributed by atoms with E-state index >= 15 is 0 Å². The standard InChI is InChI=1S/C68H70N4O.Pt/c1-64(2,3)46-31-34-69-62(38-46)72-60-40-51(29-30-54(60)55-41-56-57(42-61(55)72)68(12,13)33-32-67(56,10)11)73-50-24-19-23-49(39-50)70-43-71(59-28-18-17-27-58(59)70)63-52(44-21-15-14-16-22-44)25-20-26-53(63)45-35-47(65(4,5)6)37-48(36-45)66(7,8)9;/h14-31,34-42H,32-33H2,1-13H3;. The molecule has 0 radical (unpaired) electrons. The molecule has 1 aliphatic carbocycles. The quantitative estimate of drug-likeness (QED) is 0.159. The number of fused-ring (bicyclic) bond motifs is 5. The summed E-state index contributed by atoms with van der Waals surface area (Å²) in [5.41, 5.74) is 18.2. The molecule has 0 amide bonds. The summed E-state index contributed by atoms with van der Waals surface area (Å²) in [6.07, 6.45) is 4.28. The summed E-state index contributed by atoms with van der Waals surface area (Å²) in [4.78, 5) is 5.08. The van der Waals surface area contributed by atoms with Gasteiger partial charge in [-0.2, -0.15) is 0 Å². The van der Waals surface area contributed by atoms with E-state index in [0.29, 0.717) is 0 Å². The number of hydrogen-bond donors (Lipinski definition) is 0. The van der Waals surface area contributed by atoms with E-state index in [2.05, 4.69) is 281 Å². The molecule has 378 valence electrons. The Bertz CT molecular complexity index is 3860. The second kappa shape index (κ2) is 17.8. The Morgan fingerprint density at radius 1 is 0.459 bits per heavy atom. The fourth-order valence-corrected chi connectivity index (χ4v) is 12.4. The van der Waals surface area contributed by atoms with Gasteiger partial charge in [-0.1, -0.05) is 48.5 Å². The van der Waals surface area contributed by atoms with Gasteiger partial charge in [0.25, 0.3) is 0 Å². The first-order chi connectivity index (χ1) is 35.0. The van der Waals surface area contributed by atoms with Crippen molar-refractivity contribution in [1.82, 2.24) is 18.7 Å². The third-order valence-electron chi connectivity index (χ3n) is 15.9. The van der Waals surface area contributed by atoms with Crippen molar-refractivity contribution in [2.24, 2.45) is 0 Å². The van der Waals surface area contributed by atoms with E-state index in [1.807, 2.05) is 6.20 Å². The number of ether oxygens (including phenoxy) is 1. The monoisotopic (exact) mass is 1150 g/mol. The molecule has 5 nitrogen and oxygen atoms in total. The molecular weight excluding hydrogens is 1080 g/mol. The molecule has 74 heavy (non-hydrogen) atoms. The Kier molecular flexibility index (Phi) is 11.9. The molecule has 11 rings (SSSR count). The first kappa shape index (κ1) is 49.6. The van der Waals surface area contributed by atoms with Gasteiger partial charge in [-0.25, -0.2) is 0 Å². The summed E-state index contributed by atoms with van der Waals surface area (Å²) in [6.45, 7) is 30.4. The number of imidazole rings is 1. The molecule has 0 spiro atoms. The first-order valence-corrected chi connectivity index (χ1v) is 27.5. The van der Waals surface area contributed by atoms with Crippen molar-refractivity contribution in [2.45, 2.75) is 130 Å². The molecule has 0 aliphatic heterocycles. The second-order valence-corrected chi connectivity index (χ2v) is 26.2. The van der Waals surface area contributed by atoms with E-state index in [1.54, 1.807) is 0 Å². The molecule has 3 aromatic heterocycles. The Balaban J connectivity index is 1.07. The Hall–Kier alpha value is -6.55. The number of para-hydroxylation sites is 3. The zero-order chi connectivity index (χ0) is 52.3.